The molecule has 1 aliphatic rings. The molecule has 19 heavy (non-hydrogen) atoms. The van der Waals surface area contributed by atoms with Crippen molar-refractivity contribution in [1.29, 1.82) is 0 Å². The van der Waals surface area contributed by atoms with Crippen molar-refractivity contribution in [3.05, 3.63) is 29.8 Å². The Bertz CT molecular complexity index is 471. The average molecular weight is 268 g/mol. The zero-order chi connectivity index (χ0) is 13.9. The second-order valence-corrected chi connectivity index (χ2v) is 5.01. The fraction of sp³-hybridized carbons (Fsp3) is 0.500. The Kier molecular flexibility index (Phi) is 4.14. The van der Waals surface area contributed by atoms with Crippen LogP contribution in [0.2, 0.25) is 0 Å². The quantitative estimate of drug-likeness (QED) is 0.881. The molecule has 1 saturated heterocycles. The van der Waals surface area contributed by atoms with E-state index in [0.29, 0.717) is 6.54 Å². The number of carbonyl (C=O) groups is 1. The topological polar surface area (TPSA) is 41.1 Å². The molecule has 1 unspecified atom stereocenters. The van der Waals surface area contributed by atoms with Crippen LogP contribution in [0.25, 0.3) is 0 Å². The van der Waals surface area contributed by atoms with Gasteiger partial charge < -0.3 is 10.6 Å². The van der Waals surface area contributed by atoms with E-state index in [1.54, 1.807) is 0 Å². The van der Waals surface area contributed by atoms with E-state index in [2.05, 4.69) is 10.6 Å². The number of nitrogens with one attached hydrogen (secondary N) is 2. The van der Waals surface area contributed by atoms with Gasteiger partial charge in [-0.1, -0.05) is 19.4 Å². The molecule has 2 rings (SSSR count). The second-order valence-electron chi connectivity index (χ2n) is 5.01. The van der Waals surface area contributed by atoms with E-state index in [1.165, 1.54) is 12.1 Å². The number of carbonyl (C=O) groups excluding carboxylic acids is 1. The first kappa shape index (κ1) is 13.9. The minimum Gasteiger partial charge on any atom is -0.323 e. The van der Waals surface area contributed by atoms with Crippen LogP contribution in [0.4, 0.5) is 14.5 Å². The molecule has 0 aromatic heterocycles. The molecule has 0 spiro atoms. The smallest absolute Gasteiger partial charge is 0.232 e. The Labute approximate surface area is 111 Å². The van der Waals surface area contributed by atoms with Gasteiger partial charge >= 0.3 is 0 Å². The summed E-state index contributed by atoms with van der Waals surface area (Å²) in [6, 6.07) is 3.79. The Morgan fingerprint density at radius 3 is 2.89 bits per heavy atom. The normalized spacial score (nSPS) is 22.5. The highest BCUT2D eigenvalue weighted by Crippen LogP contribution is 2.33. The SMILES string of the molecule is CCCC1(C(=O)Nc2cccc(F)c2F)CCNC1. The van der Waals surface area contributed by atoms with Crippen molar-refractivity contribution in [2.24, 2.45) is 5.41 Å². The number of halogens is 2. The summed E-state index contributed by atoms with van der Waals surface area (Å²) in [6.45, 7) is 3.37. The van der Waals surface area contributed by atoms with Crippen LogP contribution >= 0.6 is 0 Å². The van der Waals surface area contributed by atoms with Crippen molar-refractivity contribution >= 4 is 11.6 Å². The number of hydrogen-bond donors (Lipinski definition) is 2. The molecule has 0 aliphatic carbocycles. The largest absolute Gasteiger partial charge is 0.323 e. The average Bonchev–Trinajstić information content (AvgIpc) is 2.85. The van der Waals surface area contributed by atoms with E-state index in [0.717, 1.165) is 31.9 Å². The summed E-state index contributed by atoms with van der Waals surface area (Å²) >= 11 is 0. The van der Waals surface area contributed by atoms with Crippen molar-refractivity contribution < 1.29 is 13.6 Å². The molecule has 104 valence electrons. The lowest BCUT2D eigenvalue weighted by atomic mass is 9.81. The summed E-state index contributed by atoms with van der Waals surface area (Å²) in [5, 5.41) is 5.69. The maximum atomic E-state index is 13.6. The Morgan fingerprint density at radius 2 is 2.26 bits per heavy atom. The summed E-state index contributed by atoms with van der Waals surface area (Å²) < 4.78 is 26.7. The lowest BCUT2D eigenvalue weighted by Crippen LogP contribution is -2.38. The van der Waals surface area contributed by atoms with Gasteiger partial charge in [0.25, 0.3) is 0 Å². The highest BCUT2D eigenvalue weighted by Gasteiger charge is 2.40. The van der Waals surface area contributed by atoms with Gasteiger partial charge in [0.05, 0.1) is 11.1 Å². The summed E-state index contributed by atoms with van der Waals surface area (Å²) in [6.07, 6.45) is 2.34. The lowest BCUT2D eigenvalue weighted by molar-refractivity contribution is -0.125. The molecule has 0 bridgehead atoms. The van der Waals surface area contributed by atoms with Gasteiger partial charge in [0.1, 0.15) is 0 Å². The van der Waals surface area contributed by atoms with E-state index < -0.39 is 17.0 Å². The zero-order valence-electron chi connectivity index (χ0n) is 10.9. The van der Waals surface area contributed by atoms with Gasteiger partial charge in [-0.05, 0) is 31.5 Å². The molecule has 1 atom stereocenters. The predicted molar refractivity (Wildman–Crippen MR) is 69.8 cm³/mol. The van der Waals surface area contributed by atoms with Crippen molar-refractivity contribution in [2.45, 2.75) is 26.2 Å². The molecule has 0 radical (unpaired) electrons. The molecule has 1 aliphatic heterocycles. The lowest BCUT2D eigenvalue weighted by Gasteiger charge is -2.26. The Morgan fingerprint density at radius 1 is 1.47 bits per heavy atom. The molecule has 2 N–H and O–H groups in total. The molecule has 1 amide bonds. The van der Waals surface area contributed by atoms with Gasteiger partial charge in [-0.3, -0.25) is 4.79 Å². The first-order valence-electron chi connectivity index (χ1n) is 6.55. The van der Waals surface area contributed by atoms with Crippen molar-refractivity contribution in [1.82, 2.24) is 5.32 Å². The third kappa shape index (κ3) is 2.76. The van der Waals surface area contributed by atoms with E-state index in [-0.39, 0.29) is 11.6 Å². The van der Waals surface area contributed by atoms with Crippen LogP contribution in [0.1, 0.15) is 26.2 Å². The van der Waals surface area contributed by atoms with Crippen LogP contribution in [0, 0.1) is 17.0 Å². The van der Waals surface area contributed by atoms with Crippen LogP contribution in [0.15, 0.2) is 18.2 Å². The van der Waals surface area contributed by atoms with Gasteiger partial charge in [0.2, 0.25) is 5.91 Å². The van der Waals surface area contributed by atoms with Crippen LogP contribution in [-0.4, -0.2) is 19.0 Å². The van der Waals surface area contributed by atoms with E-state index >= 15 is 0 Å². The molecule has 0 saturated carbocycles. The minimum atomic E-state index is -1.01. The monoisotopic (exact) mass is 268 g/mol. The first-order chi connectivity index (χ1) is 9.09. The second kappa shape index (κ2) is 5.65. The van der Waals surface area contributed by atoms with Gasteiger partial charge in [-0.15, -0.1) is 0 Å². The molecule has 1 fully saturated rings. The highest BCUT2D eigenvalue weighted by molar-refractivity contribution is 5.95. The predicted octanol–water partition coefficient (Wildman–Crippen LogP) is 2.68. The number of amides is 1. The standard InChI is InChI=1S/C14H18F2N2O/c1-2-6-14(7-8-17-9-14)13(19)18-11-5-3-4-10(15)12(11)16/h3-5,17H,2,6-9H2,1H3,(H,18,19). The van der Waals surface area contributed by atoms with Crippen molar-refractivity contribution in [2.75, 3.05) is 18.4 Å². The molecule has 1 heterocycles. The molecular weight excluding hydrogens is 250 g/mol. The molecule has 1 aromatic carbocycles. The van der Waals surface area contributed by atoms with Gasteiger partial charge in [-0.25, -0.2) is 8.78 Å². The number of rotatable bonds is 4. The van der Waals surface area contributed by atoms with Crippen molar-refractivity contribution in [3.63, 3.8) is 0 Å². The fourth-order valence-corrected chi connectivity index (χ4v) is 2.60. The summed E-state index contributed by atoms with van der Waals surface area (Å²) in [4.78, 5) is 12.3. The van der Waals surface area contributed by atoms with Gasteiger partial charge in [-0.2, -0.15) is 0 Å². The van der Waals surface area contributed by atoms with Gasteiger partial charge in [0.15, 0.2) is 11.6 Å². The summed E-state index contributed by atoms with van der Waals surface area (Å²) in [5.41, 5.74) is -0.597. The molecular formula is C14H18F2N2O. The Balaban J connectivity index is 2.17. The summed E-state index contributed by atoms with van der Waals surface area (Å²) in [5.74, 6) is -2.19. The maximum absolute atomic E-state index is 13.6. The van der Waals surface area contributed by atoms with E-state index in [9.17, 15) is 13.6 Å². The number of benzene rings is 1. The third-order valence-electron chi connectivity index (χ3n) is 3.65. The number of hydrogen-bond acceptors (Lipinski definition) is 2. The molecule has 3 nitrogen and oxygen atoms in total. The zero-order valence-corrected chi connectivity index (χ0v) is 10.9. The molecule has 1 aromatic rings. The van der Waals surface area contributed by atoms with Crippen LogP contribution < -0.4 is 10.6 Å². The summed E-state index contributed by atoms with van der Waals surface area (Å²) in [7, 11) is 0. The van der Waals surface area contributed by atoms with Crippen LogP contribution in [0.3, 0.4) is 0 Å². The maximum Gasteiger partial charge on any atom is 0.232 e. The first-order valence-corrected chi connectivity index (χ1v) is 6.55. The van der Waals surface area contributed by atoms with Crippen molar-refractivity contribution in [3.8, 4) is 0 Å². The van der Waals surface area contributed by atoms with E-state index in [4.69, 9.17) is 0 Å². The minimum absolute atomic E-state index is 0.0904. The fourth-order valence-electron chi connectivity index (χ4n) is 2.60. The van der Waals surface area contributed by atoms with E-state index in [1.807, 2.05) is 6.92 Å². The van der Waals surface area contributed by atoms with Crippen LogP contribution in [-0.2, 0) is 4.79 Å². The van der Waals surface area contributed by atoms with Crippen LogP contribution in [0.5, 0.6) is 0 Å². The third-order valence-corrected chi connectivity index (χ3v) is 3.65. The molecule has 5 heteroatoms. The highest BCUT2D eigenvalue weighted by atomic mass is 19.2. The number of anilines is 1. The Hall–Kier alpha value is -1.49. The van der Waals surface area contributed by atoms with Gasteiger partial charge in [0, 0.05) is 6.54 Å².